The molecule has 1 N–H and O–H groups in total. The average Bonchev–Trinajstić information content (AvgIpc) is 2.42. The second-order valence-electron chi connectivity index (χ2n) is 4.55. The third-order valence-electron chi connectivity index (χ3n) is 3.06. The molecule has 0 aliphatic rings. The molecule has 0 radical (unpaired) electrons. The SMILES string of the molecule is COc1ccc(Nc2ccc(Cl)cc2C)c(C(C)=O)c1. The van der Waals surface area contributed by atoms with Crippen molar-refractivity contribution in [2.24, 2.45) is 0 Å². The van der Waals surface area contributed by atoms with Crippen LogP contribution >= 0.6 is 11.6 Å². The van der Waals surface area contributed by atoms with Gasteiger partial charge in [-0.15, -0.1) is 0 Å². The molecule has 0 fully saturated rings. The normalized spacial score (nSPS) is 10.2. The van der Waals surface area contributed by atoms with Crippen LogP contribution in [0.4, 0.5) is 11.4 Å². The number of aryl methyl sites for hydroxylation is 1. The number of methoxy groups -OCH3 is 1. The van der Waals surface area contributed by atoms with Crippen LogP contribution in [-0.2, 0) is 0 Å². The van der Waals surface area contributed by atoms with Gasteiger partial charge in [0.1, 0.15) is 5.75 Å². The molecule has 0 saturated carbocycles. The Morgan fingerprint density at radius 3 is 2.45 bits per heavy atom. The number of carbonyl (C=O) groups is 1. The lowest BCUT2D eigenvalue weighted by Crippen LogP contribution is -2.02. The van der Waals surface area contributed by atoms with Crippen molar-refractivity contribution >= 4 is 28.8 Å². The van der Waals surface area contributed by atoms with Crippen molar-refractivity contribution in [2.75, 3.05) is 12.4 Å². The van der Waals surface area contributed by atoms with Gasteiger partial charge in [0.25, 0.3) is 0 Å². The van der Waals surface area contributed by atoms with Crippen LogP contribution < -0.4 is 10.1 Å². The van der Waals surface area contributed by atoms with Crippen LogP contribution in [0.25, 0.3) is 0 Å². The molecule has 104 valence electrons. The lowest BCUT2D eigenvalue weighted by molar-refractivity contribution is 0.101. The highest BCUT2D eigenvalue weighted by molar-refractivity contribution is 6.30. The van der Waals surface area contributed by atoms with Gasteiger partial charge in [0, 0.05) is 22.0 Å². The summed E-state index contributed by atoms with van der Waals surface area (Å²) in [6.45, 7) is 3.50. The molecule has 0 unspecified atom stereocenters. The van der Waals surface area contributed by atoms with E-state index in [0.29, 0.717) is 16.3 Å². The van der Waals surface area contributed by atoms with Crippen LogP contribution in [0.2, 0.25) is 5.02 Å². The zero-order valence-electron chi connectivity index (χ0n) is 11.7. The minimum Gasteiger partial charge on any atom is -0.497 e. The maximum absolute atomic E-state index is 11.7. The summed E-state index contributed by atoms with van der Waals surface area (Å²) in [4.78, 5) is 11.7. The highest BCUT2D eigenvalue weighted by atomic mass is 35.5. The first kappa shape index (κ1) is 14.4. The molecule has 0 spiro atoms. The van der Waals surface area contributed by atoms with Gasteiger partial charge in [-0.1, -0.05) is 11.6 Å². The number of Topliss-reactive ketones (excluding diaryl/α,β-unsaturated/α-hetero) is 1. The van der Waals surface area contributed by atoms with Crippen molar-refractivity contribution in [2.45, 2.75) is 13.8 Å². The van der Waals surface area contributed by atoms with E-state index in [2.05, 4.69) is 5.32 Å². The van der Waals surface area contributed by atoms with Crippen LogP contribution in [0.1, 0.15) is 22.8 Å². The molecular weight excluding hydrogens is 274 g/mol. The van der Waals surface area contributed by atoms with Gasteiger partial charge in [-0.25, -0.2) is 0 Å². The van der Waals surface area contributed by atoms with E-state index in [1.54, 1.807) is 13.2 Å². The maximum atomic E-state index is 11.7. The van der Waals surface area contributed by atoms with Gasteiger partial charge < -0.3 is 10.1 Å². The molecular formula is C16H16ClNO2. The van der Waals surface area contributed by atoms with Crippen molar-refractivity contribution in [3.63, 3.8) is 0 Å². The summed E-state index contributed by atoms with van der Waals surface area (Å²) in [7, 11) is 1.58. The number of hydrogen-bond donors (Lipinski definition) is 1. The van der Waals surface area contributed by atoms with Crippen molar-refractivity contribution in [3.8, 4) is 5.75 Å². The van der Waals surface area contributed by atoms with Crippen molar-refractivity contribution < 1.29 is 9.53 Å². The fraction of sp³-hybridized carbons (Fsp3) is 0.188. The molecule has 2 rings (SSSR count). The molecule has 4 heteroatoms. The summed E-state index contributed by atoms with van der Waals surface area (Å²) in [5, 5.41) is 3.96. The molecule has 0 aliphatic carbocycles. The van der Waals surface area contributed by atoms with E-state index in [1.807, 2.05) is 37.3 Å². The first-order valence-electron chi connectivity index (χ1n) is 6.23. The van der Waals surface area contributed by atoms with Gasteiger partial charge in [0.05, 0.1) is 7.11 Å². The first-order valence-corrected chi connectivity index (χ1v) is 6.61. The van der Waals surface area contributed by atoms with E-state index < -0.39 is 0 Å². The third kappa shape index (κ3) is 3.11. The third-order valence-corrected chi connectivity index (χ3v) is 3.30. The Bertz CT molecular complexity index is 653. The fourth-order valence-corrected chi connectivity index (χ4v) is 2.19. The Balaban J connectivity index is 2.40. The molecule has 0 aliphatic heterocycles. The summed E-state index contributed by atoms with van der Waals surface area (Å²) in [6.07, 6.45) is 0. The number of ketones is 1. The number of hydrogen-bond acceptors (Lipinski definition) is 3. The predicted molar refractivity (Wildman–Crippen MR) is 82.5 cm³/mol. The molecule has 0 aromatic heterocycles. The summed E-state index contributed by atoms with van der Waals surface area (Å²) in [5.41, 5.74) is 3.28. The van der Waals surface area contributed by atoms with Crippen LogP contribution in [0.5, 0.6) is 5.75 Å². The Labute approximate surface area is 123 Å². The zero-order chi connectivity index (χ0) is 14.7. The first-order chi connectivity index (χ1) is 9.51. The minimum absolute atomic E-state index is 0.0157. The lowest BCUT2D eigenvalue weighted by Gasteiger charge is -2.14. The van der Waals surface area contributed by atoms with Gasteiger partial charge in [0.15, 0.2) is 5.78 Å². The predicted octanol–water partition coefficient (Wildman–Crippen LogP) is 4.60. The number of nitrogens with one attached hydrogen (secondary N) is 1. The summed E-state index contributed by atoms with van der Waals surface area (Å²) in [6, 6.07) is 11.0. The monoisotopic (exact) mass is 289 g/mol. The molecule has 0 saturated heterocycles. The van der Waals surface area contributed by atoms with E-state index in [1.165, 1.54) is 6.92 Å². The van der Waals surface area contributed by atoms with Crippen LogP contribution in [0, 0.1) is 6.92 Å². The summed E-state index contributed by atoms with van der Waals surface area (Å²) >= 11 is 5.94. The average molecular weight is 290 g/mol. The van der Waals surface area contributed by atoms with Crippen molar-refractivity contribution in [3.05, 3.63) is 52.5 Å². The Morgan fingerprint density at radius 2 is 1.85 bits per heavy atom. The van der Waals surface area contributed by atoms with Crippen molar-refractivity contribution in [1.82, 2.24) is 0 Å². The highest BCUT2D eigenvalue weighted by Gasteiger charge is 2.10. The minimum atomic E-state index is -0.0157. The molecule has 3 nitrogen and oxygen atoms in total. The summed E-state index contributed by atoms with van der Waals surface area (Å²) in [5.74, 6) is 0.645. The molecule has 2 aromatic carbocycles. The quantitative estimate of drug-likeness (QED) is 0.836. The second-order valence-corrected chi connectivity index (χ2v) is 4.99. The van der Waals surface area contributed by atoms with Gasteiger partial charge in [-0.3, -0.25) is 4.79 Å². The second kappa shape index (κ2) is 5.97. The zero-order valence-corrected chi connectivity index (χ0v) is 12.4. The molecule has 20 heavy (non-hydrogen) atoms. The van der Waals surface area contributed by atoms with Gasteiger partial charge in [-0.2, -0.15) is 0 Å². The largest absolute Gasteiger partial charge is 0.497 e. The maximum Gasteiger partial charge on any atom is 0.162 e. The lowest BCUT2D eigenvalue weighted by atomic mass is 10.1. The number of benzene rings is 2. The number of anilines is 2. The van der Waals surface area contributed by atoms with Crippen molar-refractivity contribution in [1.29, 1.82) is 0 Å². The van der Waals surface area contributed by atoms with Gasteiger partial charge in [-0.05, 0) is 55.8 Å². The number of rotatable bonds is 4. The Kier molecular flexibility index (Phi) is 4.30. The van der Waals surface area contributed by atoms with E-state index in [0.717, 1.165) is 16.9 Å². The van der Waals surface area contributed by atoms with E-state index in [4.69, 9.17) is 16.3 Å². The standard InChI is InChI=1S/C16H16ClNO2/c1-10-8-12(17)4-6-15(10)18-16-7-5-13(20-3)9-14(16)11(2)19/h4-9,18H,1-3H3. The van der Waals surface area contributed by atoms with Crippen LogP contribution in [0.3, 0.4) is 0 Å². The fourth-order valence-electron chi connectivity index (χ4n) is 1.96. The van der Waals surface area contributed by atoms with Gasteiger partial charge in [0.2, 0.25) is 0 Å². The molecule has 0 amide bonds. The van der Waals surface area contributed by atoms with Gasteiger partial charge >= 0.3 is 0 Å². The summed E-state index contributed by atoms with van der Waals surface area (Å²) < 4.78 is 5.15. The highest BCUT2D eigenvalue weighted by Crippen LogP contribution is 2.28. The molecule has 0 bridgehead atoms. The Morgan fingerprint density at radius 1 is 1.15 bits per heavy atom. The van der Waals surface area contributed by atoms with E-state index in [-0.39, 0.29) is 5.78 Å². The topological polar surface area (TPSA) is 38.3 Å². The number of ether oxygens (including phenoxy) is 1. The van der Waals surface area contributed by atoms with E-state index >= 15 is 0 Å². The Hall–Kier alpha value is -2.00. The molecule has 0 atom stereocenters. The van der Waals surface area contributed by atoms with E-state index in [9.17, 15) is 4.79 Å². The molecule has 0 heterocycles. The smallest absolute Gasteiger partial charge is 0.162 e. The number of carbonyl (C=O) groups excluding carboxylic acids is 1. The molecule has 2 aromatic rings. The van der Waals surface area contributed by atoms with Crippen LogP contribution in [0.15, 0.2) is 36.4 Å². The van der Waals surface area contributed by atoms with Crippen LogP contribution in [-0.4, -0.2) is 12.9 Å². The number of halogens is 1.